The van der Waals surface area contributed by atoms with E-state index in [4.69, 9.17) is 4.74 Å². The number of anilines is 1. The lowest BCUT2D eigenvalue weighted by atomic mass is 10.2. The number of benzene rings is 1. The molecule has 0 saturated heterocycles. The molecule has 128 valence electrons. The van der Waals surface area contributed by atoms with Crippen molar-refractivity contribution in [1.82, 2.24) is 9.97 Å². The Morgan fingerprint density at radius 1 is 1.17 bits per heavy atom. The molecule has 10 heteroatoms. The van der Waals surface area contributed by atoms with Gasteiger partial charge in [0.25, 0.3) is 15.6 Å². The Morgan fingerprint density at radius 2 is 1.79 bits per heavy atom. The van der Waals surface area contributed by atoms with E-state index in [0.717, 1.165) is 0 Å². The number of aryl methyl sites for hydroxylation is 1. The molecule has 0 atom stereocenters. The molecule has 0 spiro atoms. The van der Waals surface area contributed by atoms with Crippen LogP contribution in [0, 0.1) is 6.92 Å². The van der Waals surface area contributed by atoms with Crippen LogP contribution >= 0.6 is 0 Å². The van der Waals surface area contributed by atoms with Gasteiger partial charge in [0.1, 0.15) is 0 Å². The number of hydrogen-bond acceptors (Lipinski definition) is 6. The van der Waals surface area contributed by atoms with Crippen LogP contribution < -0.4 is 16.0 Å². The van der Waals surface area contributed by atoms with E-state index < -0.39 is 32.1 Å². The summed E-state index contributed by atoms with van der Waals surface area (Å²) in [6.45, 7) is 3.20. The fourth-order valence-corrected chi connectivity index (χ4v) is 3.30. The summed E-state index contributed by atoms with van der Waals surface area (Å²) < 4.78 is 31.7. The minimum atomic E-state index is -4.21. The van der Waals surface area contributed by atoms with Crippen molar-refractivity contribution in [3.63, 3.8) is 0 Å². The Bertz CT molecular complexity index is 973. The van der Waals surface area contributed by atoms with E-state index in [9.17, 15) is 22.8 Å². The molecule has 0 fully saturated rings. The number of sulfonamides is 1. The summed E-state index contributed by atoms with van der Waals surface area (Å²) in [5.74, 6) is -0.528. The van der Waals surface area contributed by atoms with Crippen LogP contribution in [0.15, 0.2) is 38.8 Å². The first kappa shape index (κ1) is 17.5. The number of aromatic nitrogens is 2. The van der Waals surface area contributed by atoms with Gasteiger partial charge in [0.15, 0.2) is 4.90 Å². The molecule has 0 amide bonds. The fraction of sp³-hybridized carbons (Fsp3) is 0.214. The van der Waals surface area contributed by atoms with Crippen molar-refractivity contribution >= 4 is 21.7 Å². The van der Waals surface area contributed by atoms with Gasteiger partial charge >= 0.3 is 11.7 Å². The standard InChI is InChI=1S/C14H15N3O6S/c1-3-23-13(19)9-4-6-10(7-5-9)17-24(21,22)11-8(2)15-14(20)16-12(11)18/h4-7,17H,3H2,1-2H3,(H2,15,16,18,20). The van der Waals surface area contributed by atoms with E-state index in [-0.39, 0.29) is 23.6 Å². The van der Waals surface area contributed by atoms with Gasteiger partial charge in [-0.15, -0.1) is 0 Å². The molecule has 1 aromatic carbocycles. The maximum atomic E-state index is 12.3. The van der Waals surface area contributed by atoms with Gasteiger partial charge in [-0.1, -0.05) is 0 Å². The number of nitrogens with one attached hydrogen (secondary N) is 3. The third-order valence-corrected chi connectivity index (χ3v) is 4.53. The van der Waals surface area contributed by atoms with Crippen LogP contribution in [0.25, 0.3) is 0 Å². The van der Waals surface area contributed by atoms with Crippen LogP contribution in [0.3, 0.4) is 0 Å². The van der Waals surface area contributed by atoms with Gasteiger partial charge in [-0.3, -0.25) is 14.5 Å². The summed E-state index contributed by atoms with van der Waals surface area (Å²) in [7, 11) is -4.21. The summed E-state index contributed by atoms with van der Waals surface area (Å²) in [5.41, 5.74) is -1.49. The lowest BCUT2D eigenvalue weighted by molar-refractivity contribution is 0.0526. The smallest absolute Gasteiger partial charge is 0.338 e. The van der Waals surface area contributed by atoms with Crippen LogP contribution in [-0.4, -0.2) is 31.0 Å². The molecular weight excluding hydrogens is 338 g/mol. The second-order valence-corrected chi connectivity index (χ2v) is 6.38. The van der Waals surface area contributed by atoms with Gasteiger partial charge in [-0.05, 0) is 38.1 Å². The van der Waals surface area contributed by atoms with E-state index in [1.54, 1.807) is 6.92 Å². The first-order valence-electron chi connectivity index (χ1n) is 6.88. The van der Waals surface area contributed by atoms with Crippen LogP contribution in [0.2, 0.25) is 0 Å². The first-order chi connectivity index (χ1) is 11.2. The molecule has 3 N–H and O–H groups in total. The van der Waals surface area contributed by atoms with Gasteiger partial charge in [-0.2, -0.15) is 0 Å². The molecule has 2 rings (SSSR count). The highest BCUT2D eigenvalue weighted by atomic mass is 32.2. The molecule has 0 radical (unpaired) electrons. The average molecular weight is 353 g/mol. The maximum absolute atomic E-state index is 12.3. The molecule has 2 aromatic rings. The number of hydrogen-bond donors (Lipinski definition) is 3. The quantitative estimate of drug-likeness (QED) is 0.663. The van der Waals surface area contributed by atoms with E-state index in [0.29, 0.717) is 0 Å². The van der Waals surface area contributed by atoms with E-state index >= 15 is 0 Å². The number of rotatable bonds is 5. The summed E-state index contributed by atoms with van der Waals surface area (Å²) in [4.78, 5) is 37.9. The third-order valence-electron chi connectivity index (χ3n) is 2.99. The van der Waals surface area contributed by atoms with Crippen molar-refractivity contribution in [2.75, 3.05) is 11.3 Å². The van der Waals surface area contributed by atoms with Gasteiger partial charge in [0.2, 0.25) is 0 Å². The summed E-state index contributed by atoms with van der Waals surface area (Å²) in [5, 5.41) is 0. The second kappa shape index (κ2) is 6.71. The predicted molar refractivity (Wildman–Crippen MR) is 85.6 cm³/mol. The lowest BCUT2D eigenvalue weighted by Gasteiger charge is -2.09. The Kier molecular flexibility index (Phi) is 4.88. The zero-order valence-corrected chi connectivity index (χ0v) is 13.7. The zero-order valence-electron chi connectivity index (χ0n) is 12.9. The highest BCUT2D eigenvalue weighted by molar-refractivity contribution is 7.92. The molecule has 0 saturated carbocycles. The topological polar surface area (TPSA) is 138 Å². The first-order valence-corrected chi connectivity index (χ1v) is 8.36. The lowest BCUT2D eigenvalue weighted by Crippen LogP contribution is -2.31. The Morgan fingerprint density at radius 3 is 2.33 bits per heavy atom. The Balaban J connectivity index is 2.32. The van der Waals surface area contributed by atoms with Gasteiger partial charge in [0.05, 0.1) is 12.2 Å². The van der Waals surface area contributed by atoms with Crippen molar-refractivity contribution in [3.05, 3.63) is 56.4 Å². The predicted octanol–water partition coefficient (Wildman–Crippen LogP) is 0.349. The van der Waals surface area contributed by atoms with Gasteiger partial charge in [-0.25, -0.2) is 18.0 Å². The maximum Gasteiger partial charge on any atom is 0.338 e. The van der Waals surface area contributed by atoms with Crippen molar-refractivity contribution in [2.24, 2.45) is 0 Å². The molecule has 0 aliphatic carbocycles. The van der Waals surface area contributed by atoms with Crippen LogP contribution in [-0.2, 0) is 14.8 Å². The monoisotopic (exact) mass is 353 g/mol. The molecule has 1 aromatic heterocycles. The summed E-state index contributed by atoms with van der Waals surface area (Å²) in [6.07, 6.45) is 0. The molecule has 0 aliphatic rings. The van der Waals surface area contributed by atoms with Crippen LogP contribution in [0.5, 0.6) is 0 Å². The molecular formula is C14H15N3O6S. The number of carbonyl (C=O) groups excluding carboxylic acids is 1. The number of aromatic amines is 2. The Labute approximate surface area is 136 Å². The van der Waals surface area contributed by atoms with Crippen molar-refractivity contribution in [1.29, 1.82) is 0 Å². The summed E-state index contributed by atoms with van der Waals surface area (Å²) in [6, 6.07) is 5.50. The summed E-state index contributed by atoms with van der Waals surface area (Å²) >= 11 is 0. The molecule has 1 heterocycles. The molecule has 24 heavy (non-hydrogen) atoms. The highest BCUT2D eigenvalue weighted by Crippen LogP contribution is 2.16. The Hall–Kier alpha value is -2.88. The van der Waals surface area contributed by atoms with Crippen molar-refractivity contribution < 1.29 is 17.9 Å². The van der Waals surface area contributed by atoms with E-state index in [2.05, 4.69) is 9.71 Å². The minimum Gasteiger partial charge on any atom is -0.462 e. The zero-order chi connectivity index (χ0) is 17.9. The number of H-pyrrole nitrogens is 2. The van der Waals surface area contributed by atoms with Gasteiger partial charge in [0, 0.05) is 11.4 Å². The van der Waals surface area contributed by atoms with Crippen LogP contribution in [0.4, 0.5) is 5.69 Å². The normalized spacial score (nSPS) is 11.1. The van der Waals surface area contributed by atoms with E-state index in [1.807, 2.05) is 4.98 Å². The van der Waals surface area contributed by atoms with Crippen molar-refractivity contribution in [2.45, 2.75) is 18.7 Å². The molecule has 0 bridgehead atoms. The second-order valence-electron chi connectivity index (χ2n) is 4.77. The van der Waals surface area contributed by atoms with E-state index in [1.165, 1.54) is 31.2 Å². The van der Waals surface area contributed by atoms with Crippen molar-refractivity contribution in [3.8, 4) is 0 Å². The average Bonchev–Trinajstić information content (AvgIpc) is 2.46. The number of ether oxygens (including phenoxy) is 1. The number of esters is 1. The SMILES string of the molecule is CCOC(=O)c1ccc(NS(=O)(=O)c2c(C)[nH]c(=O)[nH]c2=O)cc1. The molecule has 0 unspecified atom stereocenters. The third kappa shape index (κ3) is 3.71. The number of carbonyl (C=O) groups is 1. The minimum absolute atomic E-state index is 0.0839. The van der Waals surface area contributed by atoms with Crippen LogP contribution in [0.1, 0.15) is 23.0 Å². The van der Waals surface area contributed by atoms with Gasteiger partial charge < -0.3 is 9.72 Å². The molecule has 9 nitrogen and oxygen atoms in total. The molecule has 0 aliphatic heterocycles. The largest absolute Gasteiger partial charge is 0.462 e. The fourth-order valence-electron chi connectivity index (χ4n) is 2.01. The highest BCUT2D eigenvalue weighted by Gasteiger charge is 2.22.